The molecule has 1 aromatic heterocycles. The fraction of sp³-hybridized carbons (Fsp3) is 0.483. The van der Waals surface area contributed by atoms with Gasteiger partial charge in [-0.1, -0.05) is 67.4 Å². The Hall–Kier alpha value is -2.78. The molecule has 210 valence electrons. The van der Waals surface area contributed by atoms with Crippen LogP contribution in [-0.4, -0.2) is 74.3 Å². The van der Waals surface area contributed by atoms with Crippen molar-refractivity contribution in [1.29, 1.82) is 0 Å². The van der Waals surface area contributed by atoms with E-state index in [1.165, 1.54) is 11.1 Å². The number of carbonyl (C=O) groups is 1. The summed E-state index contributed by atoms with van der Waals surface area (Å²) in [6, 6.07) is 14.4. The van der Waals surface area contributed by atoms with Gasteiger partial charge in [-0.15, -0.1) is 5.10 Å². The number of ether oxygens (including phenoxy) is 2. The molecule has 1 aliphatic heterocycles. The van der Waals surface area contributed by atoms with Crippen molar-refractivity contribution in [3.8, 4) is 5.69 Å². The first-order chi connectivity index (χ1) is 18.1. The topological polar surface area (TPSA) is 81.5 Å². The average Bonchev–Trinajstić information content (AvgIpc) is 3.26. The van der Waals surface area contributed by atoms with Crippen molar-refractivity contribution in [3.63, 3.8) is 0 Å². The van der Waals surface area contributed by atoms with Crippen LogP contribution in [-0.2, 0) is 26.2 Å². The fourth-order valence-corrected chi connectivity index (χ4v) is 3.82. The lowest BCUT2D eigenvalue weighted by Gasteiger charge is -2.25. The highest BCUT2D eigenvalue weighted by Crippen LogP contribution is 2.25. The van der Waals surface area contributed by atoms with Gasteiger partial charge in [0, 0.05) is 45.9 Å². The summed E-state index contributed by atoms with van der Waals surface area (Å²) in [6.45, 7) is 17.1. The van der Waals surface area contributed by atoms with Gasteiger partial charge in [0.1, 0.15) is 12.5 Å². The van der Waals surface area contributed by atoms with E-state index in [1.54, 1.807) is 14.2 Å². The zero-order valence-electron chi connectivity index (χ0n) is 24.2. The molecule has 1 saturated heterocycles. The first kappa shape index (κ1) is 33.2. The van der Waals surface area contributed by atoms with Gasteiger partial charge in [0.05, 0.1) is 30.3 Å². The molecule has 3 aromatic rings. The summed E-state index contributed by atoms with van der Waals surface area (Å²) in [4.78, 5) is 10.3. The molecule has 38 heavy (non-hydrogen) atoms. The van der Waals surface area contributed by atoms with Crippen molar-refractivity contribution in [2.45, 2.75) is 46.6 Å². The first-order valence-electron chi connectivity index (χ1n) is 12.6. The summed E-state index contributed by atoms with van der Waals surface area (Å²) in [5.74, 6) is 0. The zero-order chi connectivity index (χ0) is 28.7. The molecule has 0 aliphatic carbocycles. The maximum Gasteiger partial charge on any atom is 0.106 e. The molecule has 1 N–H and O–H groups in total. The van der Waals surface area contributed by atoms with Crippen LogP contribution in [0.15, 0.2) is 42.5 Å². The highest BCUT2D eigenvalue weighted by Gasteiger charge is 2.17. The Morgan fingerprint density at radius 3 is 2.16 bits per heavy atom. The van der Waals surface area contributed by atoms with Crippen LogP contribution in [0.5, 0.6) is 0 Å². The molecule has 0 bridgehead atoms. The third-order valence-electron chi connectivity index (χ3n) is 5.84. The van der Waals surface area contributed by atoms with E-state index in [4.69, 9.17) is 21.1 Å². The third-order valence-corrected chi connectivity index (χ3v) is 6.08. The van der Waals surface area contributed by atoms with E-state index in [1.807, 2.05) is 43.6 Å². The number of rotatable bonds is 4. The number of nitrogens with zero attached hydrogens (tertiary/aromatic N) is 4. The minimum absolute atomic E-state index is 0.285. The number of benzene rings is 2. The fourth-order valence-electron chi connectivity index (χ4n) is 3.65. The van der Waals surface area contributed by atoms with E-state index in [0.29, 0.717) is 5.02 Å². The molecule has 0 spiro atoms. The summed E-state index contributed by atoms with van der Waals surface area (Å²) in [5, 5.41) is 12.5. The van der Waals surface area contributed by atoms with Crippen LogP contribution in [0.25, 0.3) is 5.69 Å². The van der Waals surface area contributed by atoms with Crippen LogP contribution in [0.3, 0.4) is 0 Å². The lowest BCUT2D eigenvalue weighted by atomic mass is 9.87. The molecule has 4 rings (SSSR count). The lowest BCUT2D eigenvalue weighted by Crippen LogP contribution is -2.35. The second-order valence-corrected chi connectivity index (χ2v) is 10.3. The van der Waals surface area contributed by atoms with Crippen molar-refractivity contribution < 1.29 is 14.3 Å². The molecule has 2 aromatic carbocycles. The Morgan fingerprint density at radius 2 is 1.63 bits per heavy atom. The molecular weight excluding hydrogens is 502 g/mol. The van der Waals surface area contributed by atoms with Crippen LogP contribution in [0, 0.1) is 13.8 Å². The second-order valence-electron chi connectivity index (χ2n) is 9.86. The minimum atomic E-state index is 0.285. The van der Waals surface area contributed by atoms with Gasteiger partial charge in [-0.3, -0.25) is 4.90 Å². The molecule has 1 aliphatic rings. The predicted octanol–water partition coefficient (Wildman–Crippen LogP) is 5.47. The summed E-state index contributed by atoms with van der Waals surface area (Å²) in [6.07, 6.45) is 0. The van der Waals surface area contributed by atoms with Gasteiger partial charge in [-0.25, -0.2) is 4.68 Å². The van der Waals surface area contributed by atoms with Crippen LogP contribution in [0.2, 0.25) is 5.02 Å². The molecule has 8 nitrogen and oxygen atoms in total. The van der Waals surface area contributed by atoms with Crippen molar-refractivity contribution in [1.82, 2.24) is 19.9 Å². The number of halogens is 1. The quantitative estimate of drug-likeness (QED) is 0.465. The molecule has 0 saturated carbocycles. The van der Waals surface area contributed by atoms with E-state index in [-0.39, 0.29) is 5.41 Å². The normalized spacial score (nSPS) is 13.2. The Morgan fingerprint density at radius 1 is 1.05 bits per heavy atom. The van der Waals surface area contributed by atoms with Crippen molar-refractivity contribution in [2.24, 2.45) is 0 Å². The maximum atomic E-state index is 8.00. The van der Waals surface area contributed by atoms with Gasteiger partial charge in [0.2, 0.25) is 0 Å². The Bertz CT molecular complexity index is 1070. The van der Waals surface area contributed by atoms with Crippen LogP contribution in [0.4, 0.5) is 5.69 Å². The standard InChI is InChI=1S/C15H20ClN5O.C11H16.C2H6O.CH2O/c1-11-14(10-20-5-7-22-8-6-20)18-19-21(11)15-9-12(16)3-4-13(15)17-2;1-9-5-7-10(8-6-9)11(2,3)4;1-3-2;1-2/h3-4,9,17H,5-8,10H2,1-2H3;5-8H,1-4H3;1-2H3;1H2. The van der Waals surface area contributed by atoms with Crippen molar-refractivity contribution >= 4 is 24.1 Å². The number of hydrogen-bond donors (Lipinski definition) is 1. The maximum absolute atomic E-state index is 8.00. The van der Waals surface area contributed by atoms with E-state index in [2.05, 4.69) is 77.2 Å². The smallest absolute Gasteiger partial charge is 0.106 e. The third kappa shape index (κ3) is 10.5. The number of methoxy groups -OCH3 is 1. The zero-order valence-corrected chi connectivity index (χ0v) is 24.9. The average molecular weight is 546 g/mol. The van der Waals surface area contributed by atoms with E-state index in [0.717, 1.165) is 55.6 Å². The Kier molecular flexibility index (Phi) is 14.8. The minimum Gasteiger partial charge on any atom is -0.388 e. The molecular formula is C29H44ClN5O3. The number of morpholine rings is 1. The van der Waals surface area contributed by atoms with Crippen molar-refractivity contribution in [3.05, 3.63) is 70.0 Å². The largest absolute Gasteiger partial charge is 0.388 e. The van der Waals surface area contributed by atoms with Crippen molar-refractivity contribution in [2.75, 3.05) is 52.9 Å². The van der Waals surface area contributed by atoms with Gasteiger partial charge in [-0.05, 0) is 43.0 Å². The van der Waals surface area contributed by atoms with Gasteiger partial charge in [0.15, 0.2) is 0 Å². The SMILES string of the molecule is C=O.CNc1ccc(Cl)cc1-n1nnc(CN2CCOCC2)c1C.COC.Cc1ccc(C(C)(C)C)cc1. The molecule has 9 heteroatoms. The van der Waals surface area contributed by atoms with Gasteiger partial charge in [0.25, 0.3) is 0 Å². The molecule has 0 atom stereocenters. The van der Waals surface area contributed by atoms with Gasteiger partial charge >= 0.3 is 0 Å². The van der Waals surface area contributed by atoms with E-state index < -0.39 is 0 Å². The van der Waals surface area contributed by atoms with Gasteiger partial charge in [-0.2, -0.15) is 0 Å². The van der Waals surface area contributed by atoms with Crippen LogP contribution >= 0.6 is 11.6 Å². The molecule has 1 fully saturated rings. The number of anilines is 1. The summed E-state index contributed by atoms with van der Waals surface area (Å²) in [7, 11) is 5.13. The monoisotopic (exact) mass is 545 g/mol. The molecule has 0 radical (unpaired) electrons. The van der Waals surface area contributed by atoms with Gasteiger partial charge < -0.3 is 19.6 Å². The first-order valence-corrected chi connectivity index (χ1v) is 12.9. The highest BCUT2D eigenvalue weighted by molar-refractivity contribution is 6.30. The number of aromatic nitrogens is 3. The number of hydrogen-bond acceptors (Lipinski definition) is 7. The van der Waals surface area contributed by atoms with Crippen LogP contribution < -0.4 is 5.32 Å². The Balaban J connectivity index is 0.000000379. The van der Waals surface area contributed by atoms with Crippen LogP contribution in [0.1, 0.15) is 43.3 Å². The number of aryl methyl sites for hydroxylation is 1. The summed E-state index contributed by atoms with van der Waals surface area (Å²) >= 11 is 6.13. The summed E-state index contributed by atoms with van der Waals surface area (Å²) in [5.41, 5.74) is 6.92. The second kappa shape index (κ2) is 16.9. The number of nitrogens with one attached hydrogen (secondary N) is 1. The predicted molar refractivity (Wildman–Crippen MR) is 157 cm³/mol. The van der Waals surface area contributed by atoms with E-state index in [9.17, 15) is 0 Å². The molecule has 0 amide bonds. The van der Waals surface area contributed by atoms with E-state index >= 15 is 0 Å². The lowest BCUT2D eigenvalue weighted by molar-refractivity contribution is -0.0980. The number of carbonyl (C=O) groups excluding carboxylic acids is 1. The molecule has 2 heterocycles. The molecule has 0 unspecified atom stereocenters. The summed E-state index contributed by atoms with van der Waals surface area (Å²) < 4.78 is 11.5. The Labute approximate surface area is 233 Å². The highest BCUT2D eigenvalue weighted by atomic mass is 35.5.